The summed E-state index contributed by atoms with van der Waals surface area (Å²) in [5, 5.41) is 3.17. The maximum absolute atomic E-state index is 12.5. The number of hydrogen-bond acceptors (Lipinski definition) is 3. The molecule has 2 heterocycles. The highest BCUT2D eigenvalue weighted by molar-refractivity contribution is 6.32. The van der Waals surface area contributed by atoms with Crippen molar-refractivity contribution >= 4 is 23.2 Å². The van der Waals surface area contributed by atoms with Crippen molar-refractivity contribution in [2.24, 2.45) is 0 Å². The van der Waals surface area contributed by atoms with Gasteiger partial charge in [-0.05, 0) is 31.0 Å². The molecule has 1 aromatic carbocycles. The first-order valence-electron chi connectivity index (χ1n) is 6.80. The number of aromatic nitrogens is 1. The minimum absolute atomic E-state index is 0.0833. The number of aryl methyl sites for hydroxylation is 1. The van der Waals surface area contributed by atoms with E-state index in [1.807, 2.05) is 37.3 Å². The van der Waals surface area contributed by atoms with Gasteiger partial charge in [0.1, 0.15) is 5.75 Å². The number of pyridine rings is 1. The average molecular weight is 303 g/mol. The van der Waals surface area contributed by atoms with Crippen LogP contribution in [0.1, 0.15) is 23.5 Å². The Morgan fingerprint density at radius 1 is 1.43 bits per heavy atom. The van der Waals surface area contributed by atoms with E-state index in [0.717, 1.165) is 16.9 Å². The first-order chi connectivity index (χ1) is 10.1. The van der Waals surface area contributed by atoms with E-state index in [-0.39, 0.29) is 11.8 Å². The van der Waals surface area contributed by atoms with Crippen LogP contribution in [0, 0.1) is 6.92 Å². The summed E-state index contributed by atoms with van der Waals surface area (Å²) < 4.78 is 5.58. The monoisotopic (exact) mass is 302 g/mol. The van der Waals surface area contributed by atoms with Crippen molar-refractivity contribution in [3.05, 3.63) is 52.8 Å². The molecule has 21 heavy (non-hydrogen) atoms. The highest BCUT2D eigenvalue weighted by Crippen LogP contribution is 2.34. The lowest BCUT2D eigenvalue weighted by Gasteiger charge is -2.25. The Hall–Kier alpha value is -2.07. The van der Waals surface area contributed by atoms with Gasteiger partial charge in [-0.15, -0.1) is 0 Å². The Labute approximate surface area is 128 Å². The summed E-state index contributed by atoms with van der Waals surface area (Å²) in [5.74, 6) is 0.462. The lowest BCUT2D eigenvalue weighted by molar-refractivity contribution is -0.118. The summed E-state index contributed by atoms with van der Waals surface area (Å²) in [5.41, 5.74) is 2.41. The maximum Gasteiger partial charge on any atom is 0.232 e. The smallest absolute Gasteiger partial charge is 0.232 e. The van der Waals surface area contributed by atoms with Crippen LogP contribution in [-0.2, 0) is 4.79 Å². The van der Waals surface area contributed by atoms with Crippen molar-refractivity contribution in [3.8, 4) is 5.75 Å². The van der Waals surface area contributed by atoms with Crippen molar-refractivity contribution in [1.82, 2.24) is 4.98 Å². The van der Waals surface area contributed by atoms with Crippen LogP contribution < -0.4 is 10.1 Å². The van der Waals surface area contributed by atoms with Crippen LogP contribution in [0.2, 0.25) is 5.15 Å². The quantitative estimate of drug-likeness (QED) is 0.863. The Morgan fingerprint density at radius 3 is 3.10 bits per heavy atom. The fraction of sp³-hybridized carbons (Fsp3) is 0.250. The molecule has 0 radical (unpaired) electrons. The van der Waals surface area contributed by atoms with E-state index in [1.165, 1.54) is 0 Å². The Balaban J connectivity index is 1.85. The summed E-state index contributed by atoms with van der Waals surface area (Å²) in [6, 6.07) is 9.44. The van der Waals surface area contributed by atoms with Crippen LogP contribution in [0.5, 0.6) is 5.75 Å². The van der Waals surface area contributed by atoms with Gasteiger partial charge in [0.05, 0.1) is 18.2 Å². The molecule has 1 atom stereocenters. The second kappa shape index (κ2) is 5.74. The standard InChI is InChI=1S/C16H15ClN2O2/c1-10-8-13(15(17)18-9-10)19-16(20)12-6-7-21-14-5-3-2-4-11(12)14/h2-5,8-9,12H,6-7H2,1H3,(H,19,20). The number of halogens is 1. The molecule has 0 bridgehead atoms. The number of carbonyl (C=O) groups excluding carboxylic acids is 1. The molecule has 2 aromatic rings. The second-order valence-electron chi connectivity index (χ2n) is 5.07. The summed E-state index contributed by atoms with van der Waals surface area (Å²) in [4.78, 5) is 16.6. The van der Waals surface area contributed by atoms with E-state index in [0.29, 0.717) is 23.9 Å². The molecule has 3 rings (SSSR count). The average Bonchev–Trinajstić information content (AvgIpc) is 2.50. The second-order valence-corrected chi connectivity index (χ2v) is 5.43. The number of para-hydroxylation sites is 1. The van der Waals surface area contributed by atoms with E-state index in [2.05, 4.69) is 10.3 Å². The van der Waals surface area contributed by atoms with Crippen molar-refractivity contribution in [1.29, 1.82) is 0 Å². The number of rotatable bonds is 2. The molecule has 108 valence electrons. The van der Waals surface area contributed by atoms with Crippen LogP contribution in [0.25, 0.3) is 0 Å². The molecule has 1 unspecified atom stereocenters. The first kappa shape index (κ1) is 13.9. The molecule has 1 N–H and O–H groups in total. The normalized spacial score (nSPS) is 16.8. The number of nitrogens with one attached hydrogen (secondary N) is 1. The van der Waals surface area contributed by atoms with E-state index in [4.69, 9.17) is 16.3 Å². The summed E-state index contributed by atoms with van der Waals surface area (Å²) >= 11 is 6.03. The van der Waals surface area contributed by atoms with Crippen molar-refractivity contribution in [2.45, 2.75) is 19.3 Å². The Morgan fingerprint density at radius 2 is 2.24 bits per heavy atom. The van der Waals surface area contributed by atoms with Crippen molar-refractivity contribution in [2.75, 3.05) is 11.9 Å². The third kappa shape index (κ3) is 2.85. The third-order valence-corrected chi connectivity index (χ3v) is 3.81. The zero-order valence-electron chi connectivity index (χ0n) is 11.6. The summed E-state index contributed by atoms with van der Waals surface area (Å²) in [6.07, 6.45) is 2.32. The van der Waals surface area contributed by atoms with Crippen molar-refractivity contribution in [3.63, 3.8) is 0 Å². The van der Waals surface area contributed by atoms with E-state index in [1.54, 1.807) is 6.20 Å². The summed E-state index contributed by atoms with van der Waals surface area (Å²) in [7, 11) is 0. The molecule has 5 heteroatoms. The summed E-state index contributed by atoms with van der Waals surface area (Å²) in [6.45, 7) is 2.44. The maximum atomic E-state index is 12.5. The molecule has 1 aliphatic rings. The molecule has 1 aromatic heterocycles. The number of ether oxygens (including phenoxy) is 1. The van der Waals surface area contributed by atoms with E-state index < -0.39 is 0 Å². The number of carbonyl (C=O) groups is 1. The lowest BCUT2D eigenvalue weighted by Crippen LogP contribution is -2.26. The van der Waals surface area contributed by atoms with Gasteiger partial charge in [-0.2, -0.15) is 0 Å². The van der Waals surface area contributed by atoms with Gasteiger partial charge < -0.3 is 10.1 Å². The number of hydrogen-bond donors (Lipinski definition) is 1. The van der Waals surface area contributed by atoms with Gasteiger partial charge in [-0.25, -0.2) is 4.98 Å². The topological polar surface area (TPSA) is 51.2 Å². The molecule has 1 amide bonds. The largest absolute Gasteiger partial charge is 0.493 e. The molecular formula is C16H15ClN2O2. The zero-order chi connectivity index (χ0) is 14.8. The third-order valence-electron chi connectivity index (χ3n) is 3.51. The molecule has 0 saturated carbocycles. The molecule has 0 fully saturated rings. The fourth-order valence-corrected chi connectivity index (χ4v) is 2.63. The van der Waals surface area contributed by atoms with Gasteiger partial charge in [0.15, 0.2) is 5.15 Å². The number of amides is 1. The first-order valence-corrected chi connectivity index (χ1v) is 7.17. The molecule has 0 spiro atoms. The van der Waals surface area contributed by atoms with Gasteiger partial charge in [-0.1, -0.05) is 29.8 Å². The molecule has 1 aliphatic heterocycles. The fourth-order valence-electron chi connectivity index (χ4n) is 2.47. The van der Waals surface area contributed by atoms with Gasteiger partial charge >= 0.3 is 0 Å². The number of fused-ring (bicyclic) bond motifs is 1. The molecule has 0 aliphatic carbocycles. The predicted molar refractivity (Wildman–Crippen MR) is 81.9 cm³/mol. The molecule has 0 saturated heterocycles. The number of benzene rings is 1. The van der Waals surface area contributed by atoms with Crippen LogP contribution in [0.4, 0.5) is 5.69 Å². The van der Waals surface area contributed by atoms with E-state index >= 15 is 0 Å². The van der Waals surface area contributed by atoms with Crippen LogP contribution in [-0.4, -0.2) is 17.5 Å². The highest BCUT2D eigenvalue weighted by Gasteiger charge is 2.27. The number of anilines is 1. The molecular weight excluding hydrogens is 288 g/mol. The van der Waals surface area contributed by atoms with Crippen molar-refractivity contribution < 1.29 is 9.53 Å². The SMILES string of the molecule is Cc1cnc(Cl)c(NC(=O)C2CCOc3ccccc32)c1. The zero-order valence-corrected chi connectivity index (χ0v) is 12.4. The van der Waals surface area contributed by atoms with E-state index in [9.17, 15) is 4.79 Å². The van der Waals surface area contributed by atoms with Crippen LogP contribution in [0.15, 0.2) is 36.5 Å². The van der Waals surface area contributed by atoms with Crippen LogP contribution >= 0.6 is 11.6 Å². The van der Waals surface area contributed by atoms with Gasteiger partial charge in [0.25, 0.3) is 0 Å². The van der Waals surface area contributed by atoms with Gasteiger partial charge in [0, 0.05) is 11.8 Å². The Bertz CT molecular complexity index is 688. The van der Waals surface area contributed by atoms with Gasteiger partial charge in [-0.3, -0.25) is 4.79 Å². The minimum Gasteiger partial charge on any atom is -0.493 e. The van der Waals surface area contributed by atoms with Crippen LogP contribution in [0.3, 0.4) is 0 Å². The number of nitrogens with zero attached hydrogens (tertiary/aromatic N) is 1. The highest BCUT2D eigenvalue weighted by atomic mass is 35.5. The minimum atomic E-state index is -0.230. The van der Waals surface area contributed by atoms with Gasteiger partial charge in [0.2, 0.25) is 5.91 Å². The molecule has 4 nitrogen and oxygen atoms in total. The lowest BCUT2D eigenvalue weighted by atomic mass is 9.92. The Kier molecular flexibility index (Phi) is 3.80. The predicted octanol–water partition coefficient (Wildman–Crippen LogP) is 3.55.